The Morgan fingerprint density at radius 2 is 2.00 bits per heavy atom. The summed E-state index contributed by atoms with van der Waals surface area (Å²) in [7, 11) is 0. The third kappa shape index (κ3) is 2.81. The quantitative estimate of drug-likeness (QED) is 0.677. The maximum Gasteiger partial charge on any atom is 0.341 e. The highest BCUT2D eigenvalue weighted by Crippen LogP contribution is 2.29. The maximum atomic E-state index is 12.4. The molecule has 0 saturated carbocycles. The molecule has 0 atom stereocenters. The van der Waals surface area contributed by atoms with Gasteiger partial charge in [0.05, 0.1) is 10.4 Å². The van der Waals surface area contributed by atoms with Gasteiger partial charge in [-0.05, 0) is 24.8 Å². The van der Waals surface area contributed by atoms with Crippen LogP contribution in [0.5, 0.6) is 0 Å². The summed E-state index contributed by atoms with van der Waals surface area (Å²) in [5.74, 6) is -1.37. The Kier molecular flexibility index (Phi) is 4.78. The average molecular weight is 318 g/mol. The number of carboxylic acids is 1. The van der Waals surface area contributed by atoms with Crippen LogP contribution in [0.25, 0.3) is 10.9 Å². The average Bonchev–Trinajstić information content (AvgIpc) is 2.74. The number of pyridine rings is 1. The van der Waals surface area contributed by atoms with Gasteiger partial charge in [0.25, 0.3) is 5.69 Å². The Labute approximate surface area is 132 Å². The molecule has 0 bridgehead atoms. The van der Waals surface area contributed by atoms with Crippen molar-refractivity contribution in [2.24, 2.45) is 0 Å². The monoisotopic (exact) mass is 318 g/mol. The zero-order valence-corrected chi connectivity index (χ0v) is 13.0. The van der Waals surface area contributed by atoms with Gasteiger partial charge < -0.3 is 9.67 Å². The molecule has 1 aliphatic heterocycles. The van der Waals surface area contributed by atoms with Gasteiger partial charge in [-0.3, -0.25) is 14.9 Å². The van der Waals surface area contributed by atoms with Gasteiger partial charge in [0.15, 0.2) is 0 Å². The molecule has 1 aromatic carbocycles. The lowest BCUT2D eigenvalue weighted by Crippen LogP contribution is -2.20. The van der Waals surface area contributed by atoms with Crippen LogP contribution in [-0.2, 0) is 13.0 Å². The Morgan fingerprint density at radius 3 is 2.61 bits per heavy atom. The van der Waals surface area contributed by atoms with Crippen molar-refractivity contribution in [2.45, 2.75) is 39.7 Å². The first-order valence-corrected chi connectivity index (χ1v) is 7.57. The number of carbonyl (C=O) groups is 1. The van der Waals surface area contributed by atoms with E-state index in [1.807, 2.05) is 13.8 Å². The van der Waals surface area contributed by atoms with Gasteiger partial charge in [-0.1, -0.05) is 19.9 Å². The van der Waals surface area contributed by atoms with Crippen LogP contribution in [0.15, 0.2) is 23.1 Å². The van der Waals surface area contributed by atoms with Crippen molar-refractivity contribution in [1.82, 2.24) is 4.57 Å². The molecule has 7 nitrogen and oxygen atoms in total. The lowest BCUT2D eigenvalue weighted by atomic mass is 10.0. The van der Waals surface area contributed by atoms with Crippen LogP contribution >= 0.6 is 0 Å². The van der Waals surface area contributed by atoms with Crippen LogP contribution in [0, 0.1) is 10.1 Å². The van der Waals surface area contributed by atoms with Gasteiger partial charge in [0, 0.05) is 18.8 Å². The Morgan fingerprint density at radius 1 is 1.30 bits per heavy atom. The number of hydrogen-bond donors (Lipinski definition) is 1. The largest absolute Gasteiger partial charge is 0.477 e. The van der Waals surface area contributed by atoms with Gasteiger partial charge in [-0.2, -0.15) is 0 Å². The van der Waals surface area contributed by atoms with Crippen LogP contribution in [0.2, 0.25) is 0 Å². The van der Waals surface area contributed by atoms with E-state index in [0.29, 0.717) is 12.1 Å². The Balaban J connectivity index is 0.000000924. The Bertz CT molecular complexity index is 838. The minimum atomic E-state index is -1.37. The van der Waals surface area contributed by atoms with Crippen molar-refractivity contribution in [3.05, 3.63) is 49.8 Å². The van der Waals surface area contributed by atoms with E-state index in [1.54, 1.807) is 10.6 Å². The topological polar surface area (TPSA) is 102 Å². The molecule has 1 aromatic heterocycles. The van der Waals surface area contributed by atoms with Crippen molar-refractivity contribution in [3.63, 3.8) is 0 Å². The molecule has 1 aliphatic rings. The molecule has 0 unspecified atom stereocenters. The predicted molar refractivity (Wildman–Crippen MR) is 86.1 cm³/mol. The highest BCUT2D eigenvalue weighted by molar-refractivity contribution is 5.97. The number of nitro groups is 1. The van der Waals surface area contributed by atoms with E-state index in [0.717, 1.165) is 24.8 Å². The predicted octanol–water partition coefficient (Wildman–Crippen LogP) is 2.97. The van der Waals surface area contributed by atoms with E-state index in [4.69, 9.17) is 5.11 Å². The second kappa shape index (κ2) is 6.60. The first-order valence-electron chi connectivity index (χ1n) is 7.57. The first kappa shape index (κ1) is 16.7. The number of aromatic nitrogens is 1. The van der Waals surface area contributed by atoms with Gasteiger partial charge >= 0.3 is 5.97 Å². The van der Waals surface area contributed by atoms with Crippen LogP contribution in [0.3, 0.4) is 0 Å². The number of nitrogens with zero attached hydrogens (tertiary/aromatic N) is 2. The summed E-state index contributed by atoms with van der Waals surface area (Å²) in [6, 6.07) is 2.95. The lowest BCUT2D eigenvalue weighted by molar-refractivity contribution is -0.383. The molecule has 7 heteroatoms. The van der Waals surface area contributed by atoms with E-state index in [9.17, 15) is 19.7 Å². The molecule has 0 amide bonds. The summed E-state index contributed by atoms with van der Waals surface area (Å²) in [5.41, 5.74) is -0.204. The highest BCUT2D eigenvalue weighted by atomic mass is 16.6. The summed E-state index contributed by atoms with van der Waals surface area (Å²) in [6.07, 6.45) is 3.75. The van der Waals surface area contributed by atoms with Gasteiger partial charge in [0.1, 0.15) is 10.9 Å². The summed E-state index contributed by atoms with van der Waals surface area (Å²) in [6.45, 7) is 4.55. The zero-order chi connectivity index (χ0) is 17.1. The molecule has 23 heavy (non-hydrogen) atoms. The van der Waals surface area contributed by atoms with E-state index >= 15 is 0 Å². The smallest absolute Gasteiger partial charge is 0.341 e. The fraction of sp³-hybridized carbons (Fsp3) is 0.375. The number of nitro benzene ring substituents is 1. The fourth-order valence-corrected chi connectivity index (χ4v) is 2.87. The fourth-order valence-electron chi connectivity index (χ4n) is 2.87. The molecule has 2 aromatic rings. The minimum Gasteiger partial charge on any atom is -0.477 e. The summed E-state index contributed by atoms with van der Waals surface area (Å²) >= 11 is 0. The molecule has 3 rings (SSSR count). The third-order valence-corrected chi connectivity index (χ3v) is 3.81. The van der Waals surface area contributed by atoms with Crippen molar-refractivity contribution in [2.75, 3.05) is 0 Å². The normalized spacial score (nSPS) is 13.0. The molecule has 0 fully saturated rings. The number of carboxylic acid groups (broad SMARTS) is 1. The second-order valence-corrected chi connectivity index (χ2v) is 5.05. The number of benzene rings is 1. The number of non-ortho nitro benzene ring substituents is 1. The van der Waals surface area contributed by atoms with Crippen LogP contribution in [0.4, 0.5) is 5.69 Å². The number of rotatable bonds is 2. The van der Waals surface area contributed by atoms with Crippen LogP contribution < -0.4 is 5.43 Å². The number of aromatic carboxylic acids is 1. The molecule has 0 spiro atoms. The molecular formula is C16H18N2O5. The molecule has 2 heterocycles. The van der Waals surface area contributed by atoms with E-state index in [2.05, 4.69) is 0 Å². The van der Waals surface area contributed by atoms with Crippen molar-refractivity contribution in [1.29, 1.82) is 0 Å². The lowest BCUT2D eigenvalue weighted by Gasteiger charge is -2.12. The molecule has 122 valence electrons. The molecule has 0 aliphatic carbocycles. The summed E-state index contributed by atoms with van der Waals surface area (Å²) in [4.78, 5) is 34.1. The van der Waals surface area contributed by atoms with Crippen molar-refractivity contribution in [3.8, 4) is 0 Å². The summed E-state index contributed by atoms with van der Waals surface area (Å²) < 4.78 is 1.66. The van der Waals surface area contributed by atoms with Crippen molar-refractivity contribution >= 4 is 22.6 Å². The minimum absolute atomic E-state index is 0.0979. The highest BCUT2D eigenvalue weighted by Gasteiger charge is 2.24. The van der Waals surface area contributed by atoms with Crippen LogP contribution in [0.1, 0.15) is 42.6 Å². The molecule has 0 radical (unpaired) electrons. The molecule has 1 N–H and O–H groups in total. The SMILES string of the molecule is CC.O=C(O)c1cn2c3c(ccc([N+](=O)[O-])c3c1=O)CCCC2. The number of aryl methyl sites for hydroxylation is 2. The van der Waals surface area contributed by atoms with E-state index in [1.165, 1.54) is 12.3 Å². The third-order valence-electron chi connectivity index (χ3n) is 3.81. The standard InChI is InChI=1S/C14H12N2O5.C2H6/c17-13-9(14(18)19)7-15-6-2-1-3-8-4-5-10(16(20)21)11(13)12(8)15;1-2/h4-5,7H,1-3,6H2,(H,18,19);1-2H3. The summed E-state index contributed by atoms with van der Waals surface area (Å²) in [5, 5.41) is 20.2. The van der Waals surface area contributed by atoms with Gasteiger partial charge in [-0.15, -0.1) is 0 Å². The number of hydrogen-bond acceptors (Lipinski definition) is 4. The zero-order valence-electron chi connectivity index (χ0n) is 13.0. The second-order valence-electron chi connectivity index (χ2n) is 5.05. The Hall–Kier alpha value is -2.70. The van der Waals surface area contributed by atoms with E-state index < -0.39 is 21.9 Å². The van der Waals surface area contributed by atoms with Gasteiger partial charge in [-0.25, -0.2) is 4.79 Å². The maximum absolute atomic E-state index is 12.4. The molecule has 0 saturated heterocycles. The molecular weight excluding hydrogens is 300 g/mol. The van der Waals surface area contributed by atoms with Gasteiger partial charge in [0.2, 0.25) is 5.43 Å². The van der Waals surface area contributed by atoms with E-state index in [-0.39, 0.29) is 11.1 Å². The first-order chi connectivity index (χ1) is 11.0. The van der Waals surface area contributed by atoms with Crippen LogP contribution in [-0.4, -0.2) is 20.6 Å². The van der Waals surface area contributed by atoms with Crippen molar-refractivity contribution < 1.29 is 14.8 Å².